The molecule has 9 nitrogen and oxygen atoms in total. The molecule has 2 aromatic rings. The van der Waals surface area contributed by atoms with Crippen molar-refractivity contribution in [1.29, 1.82) is 0 Å². The lowest BCUT2D eigenvalue weighted by Crippen LogP contribution is -2.26. The fourth-order valence-electron chi connectivity index (χ4n) is 2.46. The SMILES string of the molecule is COc1cc(COc2cncc(NC3=NCCN3)n2)cc(OC)c1OC. The number of ether oxygens (including phenoxy) is 4. The highest BCUT2D eigenvalue weighted by Gasteiger charge is 2.14. The Kier molecular flexibility index (Phi) is 5.57. The summed E-state index contributed by atoms with van der Waals surface area (Å²) in [5.74, 6) is 3.30. The lowest BCUT2D eigenvalue weighted by Gasteiger charge is -2.14. The largest absolute Gasteiger partial charge is 0.493 e. The van der Waals surface area contributed by atoms with Crippen LogP contribution in [0, 0.1) is 0 Å². The summed E-state index contributed by atoms with van der Waals surface area (Å²) in [5.41, 5.74) is 0.849. The third-order valence-electron chi connectivity index (χ3n) is 3.64. The van der Waals surface area contributed by atoms with E-state index in [1.165, 1.54) is 0 Å². The number of anilines is 1. The Morgan fingerprint density at radius 3 is 2.46 bits per heavy atom. The molecular formula is C17H21N5O4. The summed E-state index contributed by atoms with van der Waals surface area (Å²) >= 11 is 0. The number of hydrogen-bond donors (Lipinski definition) is 2. The van der Waals surface area contributed by atoms with Crippen LogP contribution in [0.15, 0.2) is 29.5 Å². The molecule has 1 aromatic heterocycles. The minimum Gasteiger partial charge on any atom is -0.493 e. The Hall–Kier alpha value is -3.23. The summed E-state index contributed by atoms with van der Waals surface area (Å²) in [5, 5.41) is 6.17. The number of aromatic nitrogens is 2. The van der Waals surface area contributed by atoms with Crippen LogP contribution >= 0.6 is 0 Å². The number of rotatable bonds is 7. The van der Waals surface area contributed by atoms with Crippen LogP contribution in [0.4, 0.5) is 5.82 Å². The average Bonchev–Trinajstić information content (AvgIpc) is 3.18. The number of hydrogen-bond acceptors (Lipinski definition) is 9. The van der Waals surface area contributed by atoms with Crippen molar-refractivity contribution in [2.45, 2.75) is 6.61 Å². The molecule has 0 bridgehead atoms. The van der Waals surface area contributed by atoms with Gasteiger partial charge in [-0.15, -0.1) is 0 Å². The molecule has 0 spiro atoms. The van der Waals surface area contributed by atoms with Gasteiger partial charge in [0.15, 0.2) is 23.3 Å². The smallest absolute Gasteiger partial charge is 0.234 e. The van der Waals surface area contributed by atoms with Crippen LogP contribution < -0.4 is 29.6 Å². The lowest BCUT2D eigenvalue weighted by molar-refractivity contribution is 0.288. The molecule has 1 aliphatic rings. The first kappa shape index (κ1) is 17.6. The van der Waals surface area contributed by atoms with Crippen molar-refractivity contribution in [2.75, 3.05) is 39.7 Å². The molecule has 0 unspecified atom stereocenters. The number of guanidine groups is 1. The molecule has 0 aliphatic carbocycles. The van der Waals surface area contributed by atoms with Crippen molar-refractivity contribution in [1.82, 2.24) is 15.3 Å². The zero-order chi connectivity index (χ0) is 18.4. The van der Waals surface area contributed by atoms with Crippen LogP contribution in [0.3, 0.4) is 0 Å². The van der Waals surface area contributed by atoms with Crippen LogP contribution in [0.25, 0.3) is 0 Å². The van der Waals surface area contributed by atoms with Crippen LogP contribution in [-0.2, 0) is 6.61 Å². The Morgan fingerprint density at radius 2 is 1.85 bits per heavy atom. The number of nitrogens with one attached hydrogen (secondary N) is 2. The maximum Gasteiger partial charge on any atom is 0.234 e. The number of aliphatic imine (C=N–C) groups is 1. The van der Waals surface area contributed by atoms with Gasteiger partial charge in [-0.1, -0.05) is 0 Å². The van der Waals surface area contributed by atoms with Crippen LogP contribution in [0.1, 0.15) is 5.56 Å². The van der Waals surface area contributed by atoms with E-state index in [1.54, 1.807) is 33.7 Å². The van der Waals surface area contributed by atoms with Crippen LogP contribution in [0.2, 0.25) is 0 Å². The quantitative estimate of drug-likeness (QED) is 0.766. The first-order chi connectivity index (χ1) is 12.7. The molecular weight excluding hydrogens is 338 g/mol. The maximum atomic E-state index is 5.74. The van der Waals surface area contributed by atoms with Gasteiger partial charge >= 0.3 is 0 Å². The molecule has 26 heavy (non-hydrogen) atoms. The van der Waals surface area contributed by atoms with E-state index in [0.717, 1.165) is 18.7 Å². The van der Waals surface area contributed by atoms with Gasteiger partial charge in [-0.3, -0.25) is 9.98 Å². The Balaban J connectivity index is 1.70. The second kappa shape index (κ2) is 8.24. The van der Waals surface area contributed by atoms with E-state index in [-0.39, 0.29) is 6.61 Å². The predicted molar refractivity (Wildman–Crippen MR) is 96.4 cm³/mol. The minimum atomic E-state index is 0.272. The zero-order valence-corrected chi connectivity index (χ0v) is 14.9. The van der Waals surface area contributed by atoms with Crippen molar-refractivity contribution < 1.29 is 18.9 Å². The number of benzene rings is 1. The van der Waals surface area contributed by atoms with Gasteiger partial charge in [0.05, 0.1) is 40.3 Å². The monoisotopic (exact) mass is 359 g/mol. The van der Waals surface area contributed by atoms with E-state index in [1.807, 2.05) is 12.1 Å². The Bertz CT molecular complexity index is 771. The summed E-state index contributed by atoms with van der Waals surface area (Å²) in [6, 6.07) is 3.65. The van der Waals surface area contributed by atoms with E-state index >= 15 is 0 Å². The van der Waals surface area contributed by atoms with Gasteiger partial charge in [-0.2, -0.15) is 4.98 Å². The van der Waals surface area contributed by atoms with Crippen molar-refractivity contribution >= 4 is 11.8 Å². The Morgan fingerprint density at radius 1 is 1.08 bits per heavy atom. The molecule has 2 N–H and O–H groups in total. The normalized spacial score (nSPS) is 12.8. The first-order valence-electron chi connectivity index (χ1n) is 8.02. The van der Waals surface area contributed by atoms with Gasteiger partial charge in [-0.25, -0.2) is 0 Å². The van der Waals surface area contributed by atoms with Crippen molar-refractivity contribution in [3.05, 3.63) is 30.1 Å². The molecule has 138 valence electrons. The number of nitrogens with zero attached hydrogens (tertiary/aromatic N) is 3. The second-order valence-corrected chi connectivity index (χ2v) is 5.35. The molecule has 0 saturated carbocycles. The van der Waals surface area contributed by atoms with E-state index < -0.39 is 0 Å². The summed E-state index contributed by atoms with van der Waals surface area (Å²) < 4.78 is 21.8. The molecule has 9 heteroatoms. The molecule has 1 aliphatic heterocycles. The first-order valence-corrected chi connectivity index (χ1v) is 8.02. The van der Waals surface area contributed by atoms with Gasteiger partial charge in [0.25, 0.3) is 0 Å². The predicted octanol–water partition coefficient (Wildman–Crippen LogP) is 1.45. The fraction of sp³-hybridized carbons (Fsp3) is 0.353. The third kappa shape index (κ3) is 4.05. The van der Waals surface area contributed by atoms with E-state index in [4.69, 9.17) is 18.9 Å². The van der Waals surface area contributed by atoms with Crippen molar-refractivity contribution in [2.24, 2.45) is 4.99 Å². The third-order valence-corrected chi connectivity index (χ3v) is 3.64. The van der Waals surface area contributed by atoms with Gasteiger partial charge in [0, 0.05) is 6.54 Å². The zero-order valence-electron chi connectivity index (χ0n) is 14.9. The second-order valence-electron chi connectivity index (χ2n) is 5.35. The topological polar surface area (TPSA) is 99.1 Å². The highest BCUT2D eigenvalue weighted by Crippen LogP contribution is 2.38. The van der Waals surface area contributed by atoms with Gasteiger partial charge < -0.3 is 29.6 Å². The van der Waals surface area contributed by atoms with Crippen LogP contribution in [0.5, 0.6) is 23.1 Å². The maximum absolute atomic E-state index is 5.74. The highest BCUT2D eigenvalue weighted by molar-refractivity contribution is 5.93. The van der Waals surface area contributed by atoms with Gasteiger partial charge in [0.1, 0.15) is 6.61 Å². The number of methoxy groups -OCH3 is 3. The summed E-state index contributed by atoms with van der Waals surface area (Å²) in [6.07, 6.45) is 3.15. The van der Waals surface area contributed by atoms with Crippen molar-refractivity contribution in [3.8, 4) is 23.1 Å². The van der Waals surface area contributed by atoms with E-state index in [0.29, 0.717) is 34.9 Å². The lowest BCUT2D eigenvalue weighted by atomic mass is 10.2. The average molecular weight is 359 g/mol. The van der Waals surface area contributed by atoms with Crippen LogP contribution in [-0.4, -0.2) is 50.3 Å². The molecule has 0 fully saturated rings. The van der Waals surface area contributed by atoms with E-state index in [9.17, 15) is 0 Å². The standard InChI is InChI=1S/C17H21N5O4/c1-23-12-6-11(7-13(24-2)16(12)25-3)10-26-15-9-18-8-14(21-15)22-17-19-4-5-20-17/h6-9H,4-5,10H2,1-3H3,(H2,19,20,21,22). The Labute approximate surface area is 151 Å². The van der Waals surface area contributed by atoms with E-state index in [2.05, 4.69) is 25.6 Å². The molecule has 3 rings (SSSR count). The molecule has 0 radical (unpaired) electrons. The summed E-state index contributed by atoms with van der Waals surface area (Å²) in [7, 11) is 4.71. The minimum absolute atomic E-state index is 0.272. The molecule has 2 heterocycles. The molecule has 0 saturated heterocycles. The molecule has 1 aromatic carbocycles. The highest BCUT2D eigenvalue weighted by atomic mass is 16.5. The summed E-state index contributed by atoms with van der Waals surface area (Å²) in [4.78, 5) is 12.8. The summed E-state index contributed by atoms with van der Waals surface area (Å²) in [6.45, 7) is 1.83. The fourth-order valence-corrected chi connectivity index (χ4v) is 2.46. The molecule has 0 atom stereocenters. The van der Waals surface area contributed by atoms with Gasteiger partial charge in [0.2, 0.25) is 11.6 Å². The molecule has 0 amide bonds. The van der Waals surface area contributed by atoms with Gasteiger partial charge in [-0.05, 0) is 17.7 Å². The van der Waals surface area contributed by atoms with Crippen molar-refractivity contribution in [3.63, 3.8) is 0 Å².